The van der Waals surface area contributed by atoms with Crippen molar-refractivity contribution >= 4 is 6.29 Å². The first-order chi connectivity index (χ1) is 4.38. The van der Waals surface area contributed by atoms with Gasteiger partial charge in [-0.25, -0.2) is 0 Å². The van der Waals surface area contributed by atoms with Crippen molar-refractivity contribution < 1.29 is 9.90 Å². The first kappa shape index (κ1) is 6.33. The molecular weight excluding hydrogens is 116 g/mol. The van der Waals surface area contributed by atoms with Crippen LogP contribution in [0.25, 0.3) is 0 Å². The molecule has 0 radical (unpaired) electrons. The lowest BCUT2D eigenvalue weighted by atomic mass is 9.81. The molecule has 1 rings (SSSR count). The Bertz CT molecular complexity index is 134. The monoisotopic (exact) mass is 126 g/mol. The normalized spacial score (nSPS) is 21.1. The third-order valence-electron chi connectivity index (χ3n) is 1.86. The number of carbonyl (C=O) groups excluding carboxylic acids is 1. The van der Waals surface area contributed by atoms with Gasteiger partial charge in [-0.2, -0.15) is 0 Å². The van der Waals surface area contributed by atoms with Crippen molar-refractivity contribution in [1.29, 1.82) is 0 Å². The van der Waals surface area contributed by atoms with E-state index in [4.69, 9.17) is 5.11 Å². The fourth-order valence-electron chi connectivity index (χ4n) is 0.974. The molecule has 1 fully saturated rings. The van der Waals surface area contributed by atoms with Crippen molar-refractivity contribution in [2.24, 2.45) is 5.92 Å². The minimum Gasteiger partial charge on any atom is -0.515 e. The largest absolute Gasteiger partial charge is 0.515 e. The Balaban J connectivity index is 2.46. The lowest BCUT2D eigenvalue weighted by Gasteiger charge is -2.24. The quantitative estimate of drug-likeness (QED) is 0.345. The summed E-state index contributed by atoms with van der Waals surface area (Å²) in [4.78, 5) is 10.1. The number of aliphatic hydroxyl groups excluding tert-OH is 1. The van der Waals surface area contributed by atoms with Crippen LogP contribution in [0.4, 0.5) is 0 Å². The molecule has 0 aliphatic heterocycles. The minimum atomic E-state index is 0.354. The molecule has 0 bridgehead atoms. The number of hydrogen-bond acceptors (Lipinski definition) is 2. The summed E-state index contributed by atoms with van der Waals surface area (Å²) in [6.07, 6.45) is 4.98. The highest BCUT2D eigenvalue weighted by molar-refractivity contribution is 5.73. The maximum Gasteiger partial charge on any atom is 0.149 e. The number of carbonyl (C=O) groups is 1. The highest BCUT2D eigenvalue weighted by Crippen LogP contribution is 2.31. The smallest absolute Gasteiger partial charge is 0.149 e. The van der Waals surface area contributed by atoms with Crippen LogP contribution in [0.15, 0.2) is 11.8 Å². The summed E-state index contributed by atoms with van der Waals surface area (Å²) in [6, 6.07) is 0. The number of aliphatic hydroxyl groups is 1. The van der Waals surface area contributed by atoms with Crippen LogP contribution in [0.3, 0.4) is 0 Å². The highest BCUT2D eigenvalue weighted by Gasteiger charge is 2.21. The van der Waals surface area contributed by atoms with E-state index in [1.807, 2.05) is 0 Å². The molecule has 50 valence electrons. The lowest BCUT2D eigenvalue weighted by Crippen LogP contribution is -2.14. The van der Waals surface area contributed by atoms with E-state index in [2.05, 4.69) is 0 Å². The Kier molecular flexibility index (Phi) is 1.88. The van der Waals surface area contributed by atoms with Gasteiger partial charge in [0.2, 0.25) is 0 Å². The van der Waals surface area contributed by atoms with Crippen LogP contribution >= 0.6 is 0 Å². The van der Waals surface area contributed by atoms with Crippen molar-refractivity contribution in [3.8, 4) is 0 Å². The Morgan fingerprint density at radius 3 is 2.33 bits per heavy atom. The zero-order valence-electron chi connectivity index (χ0n) is 5.21. The van der Waals surface area contributed by atoms with Crippen LogP contribution in [0.2, 0.25) is 0 Å². The number of allylic oxidation sites excluding steroid dienone is 1. The maximum atomic E-state index is 10.1. The van der Waals surface area contributed by atoms with Crippen molar-refractivity contribution in [2.45, 2.75) is 19.3 Å². The predicted molar refractivity (Wildman–Crippen MR) is 34.1 cm³/mol. The van der Waals surface area contributed by atoms with Gasteiger partial charge in [0.1, 0.15) is 6.29 Å². The zero-order valence-corrected chi connectivity index (χ0v) is 5.21. The van der Waals surface area contributed by atoms with Gasteiger partial charge in [0, 0.05) is 5.57 Å². The topological polar surface area (TPSA) is 37.3 Å². The van der Waals surface area contributed by atoms with Crippen LogP contribution < -0.4 is 0 Å². The summed E-state index contributed by atoms with van der Waals surface area (Å²) in [5.41, 5.74) is 0.557. The number of hydrogen-bond donors (Lipinski definition) is 1. The first-order valence-corrected chi connectivity index (χ1v) is 3.18. The molecule has 9 heavy (non-hydrogen) atoms. The lowest BCUT2D eigenvalue weighted by molar-refractivity contribution is -0.105. The fourth-order valence-corrected chi connectivity index (χ4v) is 0.974. The standard InChI is InChI=1S/C7H10O2/c8-4-7(5-9)6-2-1-3-6/h4-6,8H,1-3H2/b7-4-. The third-order valence-corrected chi connectivity index (χ3v) is 1.86. The van der Waals surface area contributed by atoms with Crippen molar-refractivity contribution in [3.63, 3.8) is 0 Å². The molecule has 0 spiro atoms. The highest BCUT2D eigenvalue weighted by atomic mass is 16.2. The Hall–Kier alpha value is -0.790. The van der Waals surface area contributed by atoms with Crippen LogP contribution in [0.1, 0.15) is 19.3 Å². The Morgan fingerprint density at radius 1 is 1.56 bits per heavy atom. The van der Waals surface area contributed by atoms with Gasteiger partial charge >= 0.3 is 0 Å². The second-order valence-corrected chi connectivity index (χ2v) is 2.37. The molecule has 0 atom stereocenters. The van der Waals surface area contributed by atoms with Gasteiger partial charge in [0.05, 0.1) is 6.26 Å². The molecule has 0 amide bonds. The van der Waals surface area contributed by atoms with Crippen molar-refractivity contribution in [2.75, 3.05) is 0 Å². The van der Waals surface area contributed by atoms with Crippen LogP contribution in [-0.4, -0.2) is 11.4 Å². The fraction of sp³-hybridized carbons (Fsp3) is 0.571. The van der Waals surface area contributed by atoms with Crippen LogP contribution in [0.5, 0.6) is 0 Å². The molecule has 1 aliphatic rings. The van der Waals surface area contributed by atoms with Gasteiger partial charge in [-0.1, -0.05) is 6.42 Å². The summed E-state index contributed by atoms with van der Waals surface area (Å²) in [5.74, 6) is 0.354. The molecule has 0 aromatic rings. The van der Waals surface area contributed by atoms with E-state index in [0.29, 0.717) is 11.5 Å². The van der Waals surface area contributed by atoms with E-state index in [-0.39, 0.29) is 0 Å². The molecule has 1 N–H and O–H groups in total. The van der Waals surface area contributed by atoms with E-state index >= 15 is 0 Å². The van der Waals surface area contributed by atoms with Gasteiger partial charge in [-0.05, 0) is 18.8 Å². The Morgan fingerprint density at radius 2 is 2.22 bits per heavy atom. The number of rotatable bonds is 2. The van der Waals surface area contributed by atoms with E-state index in [0.717, 1.165) is 25.4 Å². The van der Waals surface area contributed by atoms with Gasteiger partial charge in [-0.3, -0.25) is 4.79 Å². The van der Waals surface area contributed by atoms with Crippen molar-refractivity contribution in [3.05, 3.63) is 11.8 Å². The van der Waals surface area contributed by atoms with Gasteiger partial charge in [0.15, 0.2) is 0 Å². The third kappa shape index (κ3) is 1.12. The van der Waals surface area contributed by atoms with E-state index in [9.17, 15) is 4.79 Å². The Labute approximate surface area is 54.2 Å². The van der Waals surface area contributed by atoms with E-state index in [1.165, 1.54) is 6.42 Å². The summed E-state index contributed by atoms with van der Waals surface area (Å²) in [5, 5.41) is 8.47. The predicted octanol–water partition coefficient (Wildman–Crippen LogP) is 1.43. The van der Waals surface area contributed by atoms with Gasteiger partial charge in [0.25, 0.3) is 0 Å². The second-order valence-electron chi connectivity index (χ2n) is 2.37. The maximum absolute atomic E-state index is 10.1. The molecule has 0 aromatic heterocycles. The first-order valence-electron chi connectivity index (χ1n) is 3.18. The summed E-state index contributed by atoms with van der Waals surface area (Å²) >= 11 is 0. The zero-order chi connectivity index (χ0) is 6.69. The van der Waals surface area contributed by atoms with E-state index in [1.54, 1.807) is 0 Å². The van der Waals surface area contributed by atoms with Gasteiger partial charge < -0.3 is 5.11 Å². The molecule has 1 aliphatic carbocycles. The average molecular weight is 126 g/mol. The van der Waals surface area contributed by atoms with Crippen LogP contribution in [0, 0.1) is 5.92 Å². The molecule has 2 heteroatoms. The molecule has 0 heterocycles. The molecule has 0 saturated heterocycles. The average Bonchev–Trinajstić information content (AvgIpc) is 1.78. The molecule has 0 aromatic carbocycles. The second kappa shape index (κ2) is 2.67. The summed E-state index contributed by atoms with van der Waals surface area (Å²) in [7, 11) is 0. The van der Waals surface area contributed by atoms with Crippen molar-refractivity contribution in [1.82, 2.24) is 0 Å². The summed E-state index contributed by atoms with van der Waals surface area (Å²) < 4.78 is 0. The molecule has 0 unspecified atom stereocenters. The van der Waals surface area contributed by atoms with Crippen LogP contribution in [-0.2, 0) is 4.79 Å². The molecule has 1 saturated carbocycles. The molecule has 2 nitrogen and oxygen atoms in total. The SMILES string of the molecule is O=C/C(=C/O)C1CCC1. The molecular formula is C7H10O2. The van der Waals surface area contributed by atoms with Gasteiger partial charge in [-0.15, -0.1) is 0 Å². The summed E-state index contributed by atoms with van der Waals surface area (Å²) in [6.45, 7) is 0. The van der Waals surface area contributed by atoms with E-state index < -0.39 is 0 Å². The minimum absolute atomic E-state index is 0.354. The number of aldehydes is 1.